The van der Waals surface area contributed by atoms with Crippen LogP contribution in [0.2, 0.25) is 0 Å². The molecule has 0 amide bonds. The minimum Gasteiger partial charge on any atom is -0.395 e. The number of nitrogens with zero attached hydrogens (tertiary/aromatic N) is 1. The Labute approximate surface area is 106 Å². The third-order valence-electron chi connectivity index (χ3n) is 2.47. The van der Waals surface area contributed by atoms with Crippen LogP contribution < -0.4 is 4.72 Å². The van der Waals surface area contributed by atoms with E-state index in [4.69, 9.17) is 5.11 Å². The molecule has 96 valence electrons. The standard InChI is InChI=1S/C12H14N2O3S/c1-9-8-12(14-18(16,17)7-6-15)10-4-2-3-5-11(10)13-9/h2-5,8,15H,6-7H2,1H3,(H,13,14). The fraction of sp³-hybridized carbons (Fsp3) is 0.250. The molecule has 0 fully saturated rings. The normalized spacial score (nSPS) is 11.7. The summed E-state index contributed by atoms with van der Waals surface area (Å²) in [5, 5.41) is 9.46. The average molecular weight is 266 g/mol. The second-order valence-electron chi connectivity index (χ2n) is 3.97. The first-order chi connectivity index (χ1) is 8.52. The lowest BCUT2D eigenvalue weighted by atomic mass is 10.2. The van der Waals surface area contributed by atoms with Crippen LogP contribution in [0.3, 0.4) is 0 Å². The molecule has 2 aromatic rings. The maximum Gasteiger partial charge on any atom is 0.235 e. The van der Waals surface area contributed by atoms with Crippen LogP contribution in [0, 0.1) is 6.92 Å². The number of sulfonamides is 1. The van der Waals surface area contributed by atoms with Gasteiger partial charge in [0.1, 0.15) is 0 Å². The summed E-state index contributed by atoms with van der Waals surface area (Å²) in [6, 6.07) is 8.98. The largest absolute Gasteiger partial charge is 0.395 e. The van der Waals surface area contributed by atoms with E-state index in [1.165, 1.54) is 0 Å². The van der Waals surface area contributed by atoms with E-state index in [1.807, 2.05) is 18.2 Å². The van der Waals surface area contributed by atoms with Gasteiger partial charge in [-0.05, 0) is 19.1 Å². The number of hydrogen-bond donors (Lipinski definition) is 2. The highest BCUT2D eigenvalue weighted by Gasteiger charge is 2.12. The lowest BCUT2D eigenvalue weighted by Gasteiger charge is -2.10. The van der Waals surface area contributed by atoms with E-state index in [0.29, 0.717) is 5.69 Å². The van der Waals surface area contributed by atoms with Gasteiger partial charge in [-0.2, -0.15) is 0 Å². The lowest BCUT2D eigenvalue weighted by molar-refractivity contribution is 0.320. The number of hydrogen-bond acceptors (Lipinski definition) is 4. The van der Waals surface area contributed by atoms with Crippen molar-refractivity contribution in [3.63, 3.8) is 0 Å². The highest BCUT2D eigenvalue weighted by molar-refractivity contribution is 7.92. The van der Waals surface area contributed by atoms with Crippen molar-refractivity contribution in [1.82, 2.24) is 4.98 Å². The maximum atomic E-state index is 11.7. The predicted molar refractivity (Wildman–Crippen MR) is 71.0 cm³/mol. The Hall–Kier alpha value is -1.66. The number of para-hydroxylation sites is 1. The van der Waals surface area contributed by atoms with E-state index in [-0.39, 0.29) is 5.75 Å². The van der Waals surface area contributed by atoms with E-state index in [0.717, 1.165) is 16.6 Å². The molecule has 6 heteroatoms. The number of aromatic nitrogens is 1. The van der Waals surface area contributed by atoms with Gasteiger partial charge in [-0.3, -0.25) is 9.71 Å². The Morgan fingerprint density at radius 1 is 1.33 bits per heavy atom. The molecule has 0 aliphatic rings. The van der Waals surface area contributed by atoms with Crippen LogP contribution in [0.1, 0.15) is 5.69 Å². The number of fused-ring (bicyclic) bond motifs is 1. The van der Waals surface area contributed by atoms with Crippen LogP contribution in [-0.2, 0) is 10.0 Å². The molecule has 1 aromatic heterocycles. The molecule has 0 aliphatic heterocycles. The molecule has 2 rings (SSSR count). The molecule has 5 nitrogen and oxygen atoms in total. The van der Waals surface area contributed by atoms with Crippen LogP contribution in [-0.4, -0.2) is 30.9 Å². The Kier molecular flexibility index (Phi) is 3.49. The summed E-state index contributed by atoms with van der Waals surface area (Å²) in [5.74, 6) is -0.317. The molecule has 0 saturated carbocycles. The van der Waals surface area contributed by atoms with Crippen molar-refractivity contribution in [2.45, 2.75) is 6.92 Å². The van der Waals surface area contributed by atoms with E-state index in [9.17, 15) is 8.42 Å². The summed E-state index contributed by atoms with van der Waals surface area (Å²) in [5.41, 5.74) is 1.96. The van der Waals surface area contributed by atoms with Gasteiger partial charge < -0.3 is 5.11 Å². The van der Waals surface area contributed by atoms with Crippen LogP contribution in [0.15, 0.2) is 30.3 Å². The number of pyridine rings is 1. The van der Waals surface area contributed by atoms with E-state index >= 15 is 0 Å². The number of benzene rings is 1. The summed E-state index contributed by atoms with van der Waals surface area (Å²) >= 11 is 0. The molecule has 18 heavy (non-hydrogen) atoms. The predicted octanol–water partition coefficient (Wildman–Crippen LogP) is 1.28. The Morgan fingerprint density at radius 3 is 2.78 bits per heavy atom. The molecule has 0 saturated heterocycles. The number of anilines is 1. The second-order valence-corrected chi connectivity index (χ2v) is 5.81. The van der Waals surface area contributed by atoms with Gasteiger partial charge in [-0.25, -0.2) is 8.42 Å². The average Bonchev–Trinajstić information content (AvgIpc) is 2.28. The number of nitrogens with one attached hydrogen (secondary N) is 1. The van der Waals surface area contributed by atoms with Crippen molar-refractivity contribution in [1.29, 1.82) is 0 Å². The molecular formula is C12H14N2O3S. The van der Waals surface area contributed by atoms with E-state index in [2.05, 4.69) is 9.71 Å². The second kappa shape index (κ2) is 4.91. The molecule has 0 unspecified atom stereocenters. The molecule has 0 radical (unpaired) electrons. The van der Waals surface area contributed by atoms with Crippen LogP contribution >= 0.6 is 0 Å². The zero-order valence-electron chi connectivity index (χ0n) is 9.92. The van der Waals surface area contributed by atoms with Gasteiger partial charge in [0.15, 0.2) is 0 Å². The van der Waals surface area contributed by atoms with Gasteiger partial charge in [0.2, 0.25) is 10.0 Å². The highest BCUT2D eigenvalue weighted by Crippen LogP contribution is 2.23. The van der Waals surface area contributed by atoms with E-state index < -0.39 is 16.6 Å². The first-order valence-corrected chi connectivity index (χ1v) is 7.15. The first-order valence-electron chi connectivity index (χ1n) is 5.49. The Bertz CT molecular complexity index is 668. The maximum absolute atomic E-state index is 11.7. The van der Waals surface area contributed by atoms with Crippen LogP contribution in [0.25, 0.3) is 10.9 Å². The molecule has 0 atom stereocenters. The number of aryl methyl sites for hydroxylation is 1. The van der Waals surface area contributed by atoms with Gasteiger partial charge in [0.25, 0.3) is 0 Å². The molecule has 1 aromatic carbocycles. The van der Waals surface area contributed by atoms with Crippen molar-refractivity contribution in [2.24, 2.45) is 0 Å². The molecule has 1 heterocycles. The highest BCUT2D eigenvalue weighted by atomic mass is 32.2. The monoisotopic (exact) mass is 266 g/mol. The van der Waals surface area contributed by atoms with E-state index in [1.54, 1.807) is 19.1 Å². The number of aliphatic hydroxyl groups is 1. The zero-order chi connectivity index (χ0) is 13.2. The van der Waals surface area contributed by atoms with Crippen molar-refractivity contribution < 1.29 is 13.5 Å². The van der Waals surface area contributed by atoms with Crippen LogP contribution in [0.5, 0.6) is 0 Å². The molecule has 0 bridgehead atoms. The molecular weight excluding hydrogens is 252 g/mol. The van der Waals surface area contributed by atoms with Crippen molar-refractivity contribution >= 4 is 26.6 Å². The fourth-order valence-electron chi connectivity index (χ4n) is 1.73. The minimum atomic E-state index is -3.52. The third kappa shape index (κ3) is 2.77. The number of rotatable bonds is 4. The lowest BCUT2D eigenvalue weighted by Crippen LogP contribution is -2.19. The minimum absolute atomic E-state index is 0.317. The van der Waals surface area contributed by atoms with Crippen molar-refractivity contribution in [3.05, 3.63) is 36.0 Å². The van der Waals surface area contributed by atoms with Crippen LogP contribution in [0.4, 0.5) is 5.69 Å². The fourth-order valence-corrected chi connectivity index (χ4v) is 2.58. The summed E-state index contributed by atoms with van der Waals surface area (Å²) in [4.78, 5) is 4.33. The van der Waals surface area contributed by atoms with Crippen molar-refractivity contribution in [3.8, 4) is 0 Å². The Balaban J connectivity index is 2.51. The summed E-state index contributed by atoms with van der Waals surface area (Å²) < 4.78 is 25.8. The Morgan fingerprint density at radius 2 is 2.06 bits per heavy atom. The van der Waals surface area contributed by atoms with Crippen molar-refractivity contribution in [2.75, 3.05) is 17.1 Å². The summed E-state index contributed by atoms with van der Waals surface area (Å²) in [7, 11) is -3.52. The van der Waals surface area contributed by atoms with Gasteiger partial charge in [0, 0.05) is 11.1 Å². The van der Waals surface area contributed by atoms with Gasteiger partial charge >= 0.3 is 0 Å². The quantitative estimate of drug-likeness (QED) is 0.873. The summed E-state index contributed by atoms with van der Waals surface area (Å²) in [6.45, 7) is 1.40. The SMILES string of the molecule is Cc1cc(NS(=O)(=O)CCO)c2ccccc2n1. The van der Waals surface area contributed by atoms with Gasteiger partial charge in [-0.1, -0.05) is 18.2 Å². The third-order valence-corrected chi connectivity index (χ3v) is 3.72. The smallest absolute Gasteiger partial charge is 0.235 e. The molecule has 0 aliphatic carbocycles. The zero-order valence-corrected chi connectivity index (χ0v) is 10.7. The summed E-state index contributed by atoms with van der Waals surface area (Å²) in [6.07, 6.45) is 0. The number of aliphatic hydroxyl groups excluding tert-OH is 1. The molecule has 0 spiro atoms. The molecule has 2 N–H and O–H groups in total. The van der Waals surface area contributed by atoms with Gasteiger partial charge in [0.05, 0.1) is 23.6 Å². The topological polar surface area (TPSA) is 79.3 Å². The first kappa shape index (κ1) is 12.8. The van der Waals surface area contributed by atoms with Gasteiger partial charge in [-0.15, -0.1) is 0 Å².